The van der Waals surface area contributed by atoms with E-state index in [-0.39, 0.29) is 11.9 Å². The van der Waals surface area contributed by atoms with Gasteiger partial charge in [-0.25, -0.2) is 4.98 Å². The van der Waals surface area contributed by atoms with Gasteiger partial charge in [0.25, 0.3) is 5.91 Å². The summed E-state index contributed by atoms with van der Waals surface area (Å²) >= 11 is 0. The number of nitrogens with zero attached hydrogens (tertiary/aromatic N) is 3. The van der Waals surface area contributed by atoms with Gasteiger partial charge in [-0.1, -0.05) is 38.1 Å². The predicted molar refractivity (Wildman–Crippen MR) is 112 cm³/mol. The molecular weight excluding hydrogens is 350 g/mol. The predicted octanol–water partition coefficient (Wildman–Crippen LogP) is 4.12. The lowest BCUT2D eigenvalue weighted by Gasteiger charge is -2.44. The van der Waals surface area contributed by atoms with E-state index in [0.29, 0.717) is 29.9 Å². The van der Waals surface area contributed by atoms with E-state index in [1.54, 1.807) is 25.4 Å². The van der Waals surface area contributed by atoms with Crippen molar-refractivity contribution in [2.24, 2.45) is 0 Å². The Balaban J connectivity index is 1.91. The third kappa shape index (κ3) is 4.20. The van der Waals surface area contributed by atoms with E-state index in [9.17, 15) is 4.79 Å². The Kier molecular flexibility index (Phi) is 6.35. The van der Waals surface area contributed by atoms with Crippen LogP contribution in [0.1, 0.15) is 61.1 Å². The molecule has 0 aliphatic carbocycles. The summed E-state index contributed by atoms with van der Waals surface area (Å²) in [5, 5.41) is 0. The maximum atomic E-state index is 13.2. The third-order valence-corrected chi connectivity index (χ3v) is 5.54. The average Bonchev–Trinajstić information content (AvgIpc) is 2.72. The van der Waals surface area contributed by atoms with Crippen LogP contribution in [0.4, 0.5) is 0 Å². The highest BCUT2D eigenvalue weighted by molar-refractivity contribution is 5.94. The van der Waals surface area contributed by atoms with Gasteiger partial charge in [0.2, 0.25) is 5.88 Å². The molecule has 1 aliphatic heterocycles. The standard InChI is InChI=1S/C23H31N3O2/c1-16(2)19-8-6-7-9-20(19)21-15-25(12-13-26(21)17(3)4)23(27)18-10-11-24-22(14-18)28-5/h6-11,14,16-17,21H,12-13,15H2,1-5H3. The lowest BCUT2D eigenvalue weighted by Crippen LogP contribution is -2.52. The maximum absolute atomic E-state index is 13.2. The molecule has 3 rings (SSSR count). The molecule has 5 heteroatoms. The number of hydrogen-bond acceptors (Lipinski definition) is 4. The first-order valence-corrected chi connectivity index (χ1v) is 10.1. The number of methoxy groups -OCH3 is 1. The van der Waals surface area contributed by atoms with E-state index < -0.39 is 0 Å². The van der Waals surface area contributed by atoms with Gasteiger partial charge in [0.15, 0.2) is 0 Å². The van der Waals surface area contributed by atoms with Gasteiger partial charge in [0, 0.05) is 43.5 Å². The second-order valence-corrected chi connectivity index (χ2v) is 7.97. The molecule has 0 bridgehead atoms. The fourth-order valence-electron chi connectivity index (χ4n) is 4.05. The van der Waals surface area contributed by atoms with Crippen LogP contribution < -0.4 is 4.74 Å². The summed E-state index contributed by atoms with van der Waals surface area (Å²) < 4.78 is 5.18. The van der Waals surface area contributed by atoms with E-state index in [4.69, 9.17) is 4.74 Å². The van der Waals surface area contributed by atoms with Crippen molar-refractivity contribution in [3.8, 4) is 5.88 Å². The van der Waals surface area contributed by atoms with Crippen LogP contribution in [0.3, 0.4) is 0 Å². The zero-order chi connectivity index (χ0) is 20.3. The molecule has 1 aliphatic rings. The fourth-order valence-corrected chi connectivity index (χ4v) is 4.05. The number of hydrogen-bond donors (Lipinski definition) is 0. The molecule has 2 aromatic rings. The summed E-state index contributed by atoms with van der Waals surface area (Å²) in [7, 11) is 1.57. The van der Waals surface area contributed by atoms with Crippen LogP contribution in [0.15, 0.2) is 42.6 Å². The number of pyridine rings is 1. The van der Waals surface area contributed by atoms with Crippen molar-refractivity contribution in [3.05, 3.63) is 59.3 Å². The lowest BCUT2D eigenvalue weighted by molar-refractivity contribution is 0.0374. The highest BCUT2D eigenvalue weighted by Crippen LogP contribution is 2.33. The van der Waals surface area contributed by atoms with Gasteiger partial charge in [-0.3, -0.25) is 9.69 Å². The second-order valence-electron chi connectivity index (χ2n) is 7.97. The number of carbonyl (C=O) groups excluding carboxylic acids is 1. The van der Waals surface area contributed by atoms with Crippen LogP contribution in [0.5, 0.6) is 5.88 Å². The topological polar surface area (TPSA) is 45.7 Å². The summed E-state index contributed by atoms with van der Waals surface area (Å²) in [6.45, 7) is 11.2. The number of piperazine rings is 1. The zero-order valence-electron chi connectivity index (χ0n) is 17.6. The summed E-state index contributed by atoms with van der Waals surface area (Å²) in [5.41, 5.74) is 3.31. The Bertz CT molecular complexity index is 819. The molecule has 150 valence electrons. The monoisotopic (exact) mass is 381 g/mol. The van der Waals surface area contributed by atoms with Crippen molar-refractivity contribution in [1.29, 1.82) is 0 Å². The number of benzene rings is 1. The SMILES string of the molecule is COc1cc(C(=O)N2CCN(C(C)C)C(c3ccccc3C(C)C)C2)ccn1. The summed E-state index contributed by atoms with van der Waals surface area (Å²) in [6, 6.07) is 12.7. The highest BCUT2D eigenvalue weighted by atomic mass is 16.5. The van der Waals surface area contributed by atoms with E-state index in [2.05, 4.69) is 61.8 Å². The number of carbonyl (C=O) groups is 1. The second kappa shape index (κ2) is 8.74. The van der Waals surface area contributed by atoms with Gasteiger partial charge < -0.3 is 9.64 Å². The molecule has 2 heterocycles. The number of aromatic nitrogens is 1. The van der Waals surface area contributed by atoms with Gasteiger partial charge in [-0.15, -0.1) is 0 Å². The lowest BCUT2D eigenvalue weighted by atomic mass is 9.90. The van der Waals surface area contributed by atoms with Gasteiger partial charge in [0.05, 0.1) is 13.2 Å². The first-order valence-electron chi connectivity index (χ1n) is 10.1. The van der Waals surface area contributed by atoms with Crippen LogP contribution in [-0.2, 0) is 0 Å². The molecule has 1 unspecified atom stereocenters. The Morgan fingerprint density at radius 1 is 1.14 bits per heavy atom. The Labute approximate surface area is 168 Å². The maximum Gasteiger partial charge on any atom is 0.254 e. The van der Waals surface area contributed by atoms with Crippen molar-refractivity contribution in [3.63, 3.8) is 0 Å². The molecule has 0 N–H and O–H groups in total. The van der Waals surface area contributed by atoms with Gasteiger partial charge in [-0.2, -0.15) is 0 Å². The molecule has 28 heavy (non-hydrogen) atoms. The summed E-state index contributed by atoms with van der Waals surface area (Å²) in [4.78, 5) is 21.8. The Hall–Kier alpha value is -2.40. The molecule has 1 aromatic heterocycles. The van der Waals surface area contributed by atoms with Crippen molar-refractivity contribution >= 4 is 5.91 Å². The molecule has 0 spiro atoms. The van der Waals surface area contributed by atoms with Crippen LogP contribution >= 0.6 is 0 Å². The normalized spacial score (nSPS) is 18.0. The van der Waals surface area contributed by atoms with Crippen molar-refractivity contribution in [1.82, 2.24) is 14.8 Å². The van der Waals surface area contributed by atoms with Crippen molar-refractivity contribution in [2.75, 3.05) is 26.7 Å². The average molecular weight is 382 g/mol. The molecule has 1 saturated heterocycles. The van der Waals surface area contributed by atoms with E-state index >= 15 is 0 Å². The number of amides is 1. The minimum absolute atomic E-state index is 0.0381. The molecule has 0 saturated carbocycles. The molecule has 1 atom stereocenters. The van der Waals surface area contributed by atoms with Crippen LogP contribution in [-0.4, -0.2) is 53.5 Å². The van der Waals surface area contributed by atoms with E-state index in [0.717, 1.165) is 13.1 Å². The molecule has 1 amide bonds. The molecular formula is C23H31N3O2. The largest absolute Gasteiger partial charge is 0.481 e. The summed E-state index contributed by atoms with van der Waals surface area (Å²) in [6.07, 6.45) is 1.63. The van der Waals surface area contributed by atoms with Crippen molar-refractivity contribution < 1.29 is 9.53 Å². The van der Waals surface area contributed by atoms with E-state index in [1.165, 1.54) is 11.1 Å². The van der Waals surface area contributed by atoms with Gasteiger partial charge in [0.1, 0.15) is 0 Å². The zero-order valence-corrected chi connectivity index (χ0v) is 17.6. The highest BCUT2D eigenvalue weighted by Gasteiger charge is 2.33. The first kappa shape index (κ1) is 20.3. The van der Waals surface area contributed by atoms with Crippen LogP contribution in [0, 0.1) is 0 Å². The molecule has 1 fully saturated rings. The Morgan fingerprint density at radius 2 is 1.89 bits per heavy atom. The van der Waals surface area contributed by atoms with Gasteiger partial charge in [-0.05, 0) is 37.0 Å². The van der Waals surface area contributed by atoms with Gasteiger partial charge >= 0.3 is 0 Å². The minimum atomic E-state index is 0.0381. The van der Waals surface area contributed by atoms with E-state index in [1.807, 2.05) is 4.90 Å². The molecule has 1 aromatic carbocycles. The minimum Gasteiger partial charge on any atom is -0.481 e. The van der Waals surface area contributed by atoms with Crippen LogP contribution in [0.2, 0.25) is 0 Å². The number of rotatable bonds is 5. The van der Waals surface area contributed by atoms with Crippen molar-refractivity contribution in [2.45, 2.75) is 45.7 Å². The molecule has 0 radical (unpaired) electrons. The first-order chi connectivity index (χ1) is 13.4. The molecule has 5 nitrogen and oxygen atoms in total. The Morgan fingerprint density at radius 3 is 2.57 bits per heavy atom. The quantitative estimate of drug-likeness (QED) is 0.782. The third-order valence-electron chi connectivity index (χ3n) is 5.54. The summed E-state index contributed by atoms with van der Waals surface area (Å²) in [5.74, 6) is 0.949. The fraction of sp³-hybridized carbons (Fsp3) is 0.478. The smallest absolute Gasteiger partial charge is 0.254 e. The number of ether oxygens (including phenoxy) is 1. The van der Waals surface area contributed by atoms with Crippen LogP contribution in [0.25, 0.3) is 0 Å².